The van der Waals surface area contributed by atoms with Crippen LogP contribution in [-0.2, 0) is 62.4 Å². The Bertz CT molecular complexity index is 2940. The van der Waals surface area contributed by atoms with Gasteiger partial charge in [0.05, 0.1) is 6.42 Å². The molecular formula is C61H83N11O10. The van der Waals surface area contributed by atoms with E-state index >= 15 is 9.59 Å². The van der Waals surface area contributed by atoms with E-state index in [4.69, 9.17) is 17.2 Å². The summed E-state index contributed by atoms with van der Waals surface area (Å²) in [4.78, 5) is 128. The van der Waals surface area contributed by atoms with Crippen LogP contribution < -0.4 is 54.4 Å². The number of aliphatic carboxylic acids is 1. The monoisotopic (exact) mass is 1130 g/mol. The molecule has 8 amide bonds. The van der Waals surface area contributed by atoms with Gasteiger partial charge in [-0.2, -0.15) is 0 Å². The van der Waals surface area contributed by atoms with Crippen LogP contribution in [0, 0.1) is 11.8 Å². The number of carboxylic acid groups (broad SMARTS) is 1. The van der Waals surface area contributed by atoms with Gasteiger partial charge in [0, 0.05) is 42.8 Å². The van der Waals surface area contributed by atoms with Crippen molar-refractivity contribution in [2.24, 2.45) is 29.0 Å². The number of carbonyl (C=O) groups is 9. The zero-order chi connectivity index (χ0) is 59.7. The molecule has 0 saturated carbocycles. The van der Waals surface area contributed by atoms with Crippen molar-refractivity contribution in [1.82, 2.24) is 42.2 Å². The van der Waals surface area contributed by atoms with Gasteiger partial charge >= 0.3 is 5.97 Å². The molecule has 5 rings (SSSR count). The number of fused-ring (bicyclic) bond motifs is 2. The molecule has 442 valence electrons. The minimum Gasteiger partial charge on any atom is -0.481 e. The average molecular weight is 1130 g/mol. The quantitative estimate of drug-likeness (QED) is 0.0260. The summed E-state index contributed by atoms with van der Waals surface area (Å²) in [6.45, 7) is 8.12. The van der Waals surface area contributed by atoms with Crippen molar-refractivity contribution in [2.45, 2.75) is 153 Å². The molecule has 21 nitrogen and oxygen atoms in total. The van der Waals surface area contributed by atoms with Gasteiger partial charge in [0.25, 0.3) is 0 Å². The number of carboxylic acids is 1. The van der Waals surface area contributed by atoms with E-state index in [1.54, 1.807) is 36.5 Å². The van der Waals surface area contributed by atoms with E-state index in [2.05, 4.69) is 42.2 Å². The lowest BCUT2D eigenvalue weighted by Gasteiger charge is -2.28. The van der Waals surface area contributed by atoms with Gasteiger partial charge in [-0.15, -0.1) is 0 Å². The lowest BCUT2D eigenvalue weighted by Crippen LogP contribution is -2.61. The molecule has 1 heterocycles. The van der Waals surface area contributed by atoms with Gasteiger partial charge in [-0.1, -0.05) is 119 Å². The molecule has 5 aromatic rings. The molecule has 0 unspecified atom stereocenters. The fraction of sp³-hybridized carbons (Fsp3) is 0.459. The fourth-order valence-electron chi connectivity index (χ4n) is 9.75. The number of unbranched alkanes of at least 4 members (excludes halogenated alkanes) is 2. The van der Waals surface area contributed by atoms with Crippen molar-refractivity contribution in [3.63, 3.8) is 0 Å². The number of primary amides is 1. The molecule has 0 radical (unpaired) electrons. The predicted molar refractivity (Wildman–Crippen MR) is 314 cm³/mol. The van der Waals surface area contributed by atoms with E-state index in [0.717, 1.165) is 21.7 Å². The van der Waals surface area contributed by atoms with Gasteiger partial charge in [0.15, 0.2) is 0 Å². The topological polar surface area (TPSA) is 352 Å². The van der Waals surface area contributed by atoms with Crippen molar-refractivity contribution in [3.05, 3.63) is 120 Å². The second kappa shape index (κ2) is 32.9. The molecule has 0 fully saturated rings. The summed E-state index contributed by atoms with van der Waals surface area (Å²) in [6.07, 6.45) is 3.19. The number of nitrogens with one attached hydrogen (secondary N) is 8. The first-order valence-corrected chi connectivity index (χ1v) is 28.3. The largest absolute Gasteiger partial charge is 0.481 e. The van der Waals surface area contributed by atoms with Crippen LogP contribution in [0.2, 0.25) is 0 Å². The number of aromatic amines is 1. The molecule has 21 heteroatoms. The molecule has 0 aliphatic carbocycles. The van der Waals surface area contributed by atoms with Crippen molar-refractivity contribution in [2.75, 3.05) is 13.1 Å². The fourth-order valence-corrected chi connectivity index (χ4v) is 9.75. The van der Waals surface area contributed by atoms with Crippen LogP contribution in [0.4, 0.5) is 0 Å². The molecule has 4 aromatic carbocycles. The Balaban J connectivity index is 1.52. The SMILES string of the molecule is CC(C)C[C@H](NC(=O)[C@H](CC(C)C)NC(=O)[C@@H](Cc1c[nH]c2ccccc12)NC(=O)[C@H](Cc1ccccc1)NC(=O)[C@H](Cc1cccc2ccccc12)NC(=O)[C@H](CCCCN)NC(=O)[C@H](CCCCN)NC(=O)CCC(=O)O)C(N)=O. The number of hydrogen-bond donors (Lipinski definition) is 12. The molecule has 1 aromatic heterocycles. The number of aromatic nitrogens is 1. The Morgan fingerprint density at radius 3 is 1.49 bits per heavy atom. The summed E-state index contributed by atoms with van der Waals surface area (Å²) in [5, 5.41) is 31.3. The molecule has 0 bridgehead atoms. The highest BCUT2D eigenvalue weighted by Gasteiger charge is 2.35. The molecule has 0 aliphatic rings. The first kappa shape index (κ1) is 64.6. The summed E-state index contributed by atoms with van der Waals surface area (Å²) >= 11 is 0. The van der Waals surface area contributed by atoms with Crippen molar-refractivity contribution >= 4 is 74.9 Å². The van der Waals surface area contributed by atoms with Crippen molar-refractivity contribution in [1.29, 1.82) is 0 Å². The maximum atomic E-state index is 15.2. The number of hydrogen-bond acceptors (Lipinski definition) is 11. The maximum Gasteiger partial charge on any atom is 0.303 e. The zero-order valence-corrected chi connectivity index (χ0v) is 47.5. The van der Waals surface area contributed by atoms with Crippen LogP contribution in [0.25, 0.3) is 21.7 Å². The highest BCUT2D eigenvalue weighted by molar-refractivity contribution is 5.99. The van der Waals surface area contributed by atoms with Gasteiger partial charge in [-0.3, -0.25) is 43.2 Å². The summed E-state index contributed by atoms with van der Waals surface area (Å²) in [5.41, 5.74) is 20.1. The molecular weight excluding hydrogens is 1050 g/mol. The number of para-hydroxylation sites is 1. The minimum absolute atomic E-state index is 0.00799. The van der Waals surface area contributed by atoms with E-state index in [1.165, 1.54) is 0 Å². The first-order valence-electron chi connectivity index (χ1n) is 28.3. The number of H-pyrrole nitrogens is 1. The lowest BCUT2D eigenvalue weighted by atomic mass is 9.97. The zero-order valence-electron chi connectivity index (χ0n) is 47.5. The molecule has 82 heavy (non-hydrogen) atoms. The van der Waals surface area contributed by atoms with E-state index in [1.807, 2.05) is 94.4 Å². The normalized spacial score (nSPS) is 13.9. The third kappa shape index (κ3) is 20.7. The van der Waals surface area contributed by atoms with Crippen LogP contribution in [0.5, 0.6) is 0 Å². The number of benzene rings is 4. The van der Waals surface area contributed by atoms with Gasteiger partial charge in [0.1, 0.15) is 42.3 Å². The molecule has 0 spiro atoms. The predicted octanol–water partition coefficient (Wildman–Crippen LogP) is 3.44. The summed E-state index contributed by atoms with van der Waals surface area (Å²) in [7, 11) is 0. The highest BCUT2D eigenvalue weighted by Crippen LogP contribution is 2.22. The first-order chi connectivity index (χ1) is 39.3. The Morgan fingerprint density at radius 1 is 0.463 bits per heavy atom. The number of nitrogens with two attached hydrogens (primary N) is 3. The third-order valence-corrected chi connectivity index (χ3v) is 14.0. The maximum absolute atomic E-state index is 15.2. The Morgan fingerprint density at radius 2 is 0.915 bits per heavy atom. The standard InChI is InChI=1S/C61H83N11O10/c1-37(2)31-48(55(64)76)68-58(79)49(32-38(3)4)69-61(82)52(35-42-36-65-45-24-11-10-23-44(42)45)72-59(80)50(33-39-17-6-5-7-18-39)70-60(81)51(34-41-21-16-20-40-19-8-9-22-43(40)41)71-57(78)47(26-13-15-30-63)67-56(77)46(25-12-14-29-62)66-53(73)27-28-54(74)75/h5-11,16-24,36-38,46-52,65H,12-15,25-35,62-63H2,1-4H3,(H2,64,76)(H,66,73)(H,67,77)(H,68,79)(H,69,82)(H,70,81)(H,71,78)(H,72,80)(H,74,75)/t46-,47-,48-,49-,50-,51-,52+/m0/s1. The van der Waals surface area contributed by atoms with Crippen LogP contribution in [-0.4, -0.2) is 119 Å². The average Bonchev–Trinajstić information content (AvgIpc) is 3.94. The summed E-state index contributed by atoms with van der Waals surface area (Å²) in [6, 6.07) is 20.8. The molecule has 0 saturated heterocycles. The van der Waals surface area contributed by atoms with Gasteiger partial charge in [0.2, 0.25) is 47.3 Å². The highest BCUT2D eigenvalue weighted by atomic mass is 16.4. The van der Waals surface area contributed by atoms with Crippen LogP contribution in [0.1, 0.15) is 109 Å². The van der Waals surface area contributed by atoms with Crippen LogP contribution in [0.3, 0.4) is 0 Å². The minimum atomic E-state index is -1.38. The second-order valence-corrected chi connectivity index (χ2v) is 21.7. The summed E-state index contributed by atoms with van der Waals surface area (Å²) < 4.78 is 0. The second-order valence-electron chi connectivity index (χ2n) is 21.7. The molecule has 15 N–H and O–H groups in total. The molecule has 0 aliphatic heterocycles. The van der Waals surface area contributed by atoms with Crippen LogP contribution >= 0.6 is 0 Å². The van der Waals surface area contributed by atoms with E-state index in [9.17, 15) is 38.7 Å². The van der Waals surface area contributed by atoms with E-state index < -0.39 is 102 Å². The van der Waals surface area contributed by atoms with Crippen LogP contribution in [0.15, 0.2) is 103 Å². The van der Waals surface area contributed by atoms with Gasteiger partial charge in [-0.05, 0) is 110 Å². The van der Waals surface area contributed by atoms with Gasteiger partial charge in [-0.25, -0.2) is 0 Å². The number of carbonyl (C=O) groups excluding carboxylic acids is 8. The third-order valence-electron chi connectivity index (χ3n) is 14.0. The summed E-state index contributed by atoms with van der Waals surface area (Å²) in [5.74, 6) is -6.99. The molecule has 7 atom stereocenters. The number of rotatable bonds is 35. The van der Waals surface area contributed by atoms with Gasteiger partial charge < -0.3 is 64.5 Å². The lowest BCUT2D eigenvalue weighted by molar-refractivity contribution is -0.139. The van der Waals surface area contributed by atoms with Crippen molar-refractivity contribution in [3.8, 4) is 0 Å². The number of amides is 8. The Kier molecular flexibility index (Phi) is 26.0. The van der Waals surface area contributed by atoms with E-state index in [-0.39, 0.29) is 69.7 Å². The Labute approximate surface area is 479 Å². The van der Waals surface area contributed by atoms with Crippen molar-refractivity contribution < 1.29 is 48.3 Å². The smallest absolute Gasteiger partial charge is 0.303 e. The Hall–Kier alpha value is -8.17. The van der Waals surface area contributed by atoms with E-state index in [0.29, 0.717) is 48.9 Å².